The molecule has 1 fully saturated rings. The van der Waals surface area contributed by atoms with Crippen molar-refractivity contribution in [3.63, 3.8) is 0 Å². The largest absolute Gasteiger partial charge is 0.348 e. The molecule has 1 aliphatic rings. The van der Waals surface area contributed by atoms with Crippen LogP contribution in [0.5, 0.6) is 0 Å². The molecule has 0 aliphatic carbocycles. The van der Waals surface area contributed by atoms with Crippen molar-refractivity contribution >= 4 is 35.0 Å². The number of nitrogens with zero attached hydrogens (tertiary/aromatic N) is 2. The Labute approximate surface area is 127 Å². The Morgan fingerprint density at radius 3 is 2.65 bits per heavy atom. The van der Waals surface area contributed by atoms with Crippen molar-refractivity contribution in [2.75, 3.05) is 13.1 Å². The second kappa shape index (κ2) is 6.41. The number of rotatable bonds is 4. The van der Waals surface area contributed by atoms with Crippen molar-refractivity contribution in [1.29, 1.82) is 0 Å². The zero-order valence-corrected chi connectivity index (χ0v) is 12.5. The highest BCUT2D eigenvalue weighted by molar-refractivity contribution is 6.33. The molecule has 0 spiro atoms. The van der Waals surface area contributed by atoms with Gasteiger partial charge < -0.3 is 10.2 Å². The number of hydrogen-bond acceptors (Lipinski definition) is 3. The highest BCUT2D eigenvalue weighted by Gasteiger charge is 2.22. The molecule has 0 radical (unpaired) electrons. The summed E-state index contributed by atoms with van der Waals surface area (Å²) in [4.78, 5) is 29.1. The van der Waals surface area contributed by atoms with Gasteiger partial charge in [0.1, 0.15) is 10.3 Å². The summed E-state index contributed by atoms with van der Waals surface area (Å²) in [5, 5.41) is 3.16. The molecule has 1 aliphatic heterocycles. The second-order valence-corrected chi connectivity index (χ2v) is 5.59. The van der Waals surface area contributed by atoms with E-state index in [1.54, 1.807) is 4.90 Å². The predicted octanol–water partition coefficient (Wildman–Crippen LogP) is 2.13. The Balaban J connectivity index is 1.94. The molecule has 2 rings (SSSR count). The summed E-state index contributed by atoms with van der Waals surface area (Å²) in [5.74, 6) is -0.142. The third kappa shape index (κ3) is 3.84. The lowest BCUT2D eigenvalue weighted by molar-refractivity contribution is -0.127. The van der Waals surface area contributed by atoms with Gasteiger partial charge in [0.2, 0.25) is 5.91 Å². The Kier molecular flexibility index (Phi) is 4.83. The molecule has 1 saturated heterocycles. The fourth-order valence-electron chi connectivity index (χ4n) is 2.18. The standard InChI is InChI=1S/C13H15Cl2N3O2/c1-8(7-18-4-2-3-12(18)19)16-13(20)9-5-10(14)17-11(15)6-9/h5-6,8H,2-4,7H2,1H3,(H,16,20). The van der Waals surface area contributed by atoms with Crippen LogP contribution in [0.3, 0.4) is 0 Å². The molecule has 1 aromatic heterocycles. The summed E-state index contributed by atoms with van der Waals surface area (Å²) in [5.41, 5.74) is 0.356. The first-order valence-electron chi connectivity index (χ1n) is 6.37. The van der Waals surface area contributed by atoms with Gasteiger partial charge in [0.25, 0.3) is 5.91 Å². The van der Waals surface area contributed by atoms with E-state index in [0.717, 1.165) is 13.0 Å². The van der Waals surface area contributed by atoms with Crippen molar-refractivity contribution in [3.05, 3.63) is 28.0 Å². The summed E-state index contributed by atoms with van der Waals surface area (Å²) in [6, 6.07) is 2.77. The molecule has 7 heteroatoms. The van der Waals surface area contributed by atoms with E-state index in [2.05, 4.69) is 10.3 Å². The second-order valence-electron chi connectivity index (χ2n) is 4.82. The van der Waals surface area contributed by atoms with Crippen molar-refractivity contribution in [2.45, 2.75) is 25.8 Å². The molecule has 108 valence electrons. The molecule has 1 unspecified atom stereocenters. The van der Waals surface area contributed by atoms with Crippen LogP contribution in [0.15, 0.2) is 12.1 Å². The fourth-order valence-corrected chi connectivity index (χ4v) is 2.64. The predicted molar refractivity (Wildman–Crippen MR) is 77.0 cm³/mol. The monoisotopic (exact) mass is 315 g/mol. The molecule has 20 heavy (non-hydrogen) atoms. The van der Waals surface area contributed by atoms with Gasteiger partial charge in [-0.05, 0) is 25.5 Å². The third-order valence-electron chi connectivity index (χ3n) is 3.07. The van der Waals surface area contributed by atoms with Crippen molar-refractivity contribution in [3.8, 4) is 0 Å². The quantitative estimate of drug-likeness (QED) is 0.866. The minimum atomic E-state index is -0.282. The van der Waals surface area contributed by atoms with E-state index in [1.807, 2.05) is 6.92 Å². The first-order chi connectivity index (χ1) is 9.45. The zero-order valence-electron chi connectivity index (χ0n) is 11.0. The van der Waals surface area contributed by atoms with Crippen LogP contribution in [0.1, 0.15) is 30.1 Å². The number of hydrogen-bond donors (Lipinski definition) is 1. The van der Waals surface area contributed by atoms with Crippen LogP contribution >= 0.6 is 23.2 Å². The maximum atomic E-state index is 12.1. The molecule has 1 N–H and O–H groups in total. The van der Waals surface area contributed by atoms with Crippen LogP contribution < -0.4 is 5.32 Å². The Hall–Kier alpha value is -1.33. The molecule has 2 heterocycles. The summed E-state index contributed by atoms with van der Waals surface area (Å²) in [6.07, 6.45) is 1.48. The minimum absolute atomic E-state index is 0.140. The van der Waals surface area contributed by atoms with Crippen LogP contribution in [0.25, 0.3) is 0 Å². The van der Waals surface area contributed by atoms with Crippen molar-refractivity contribution in [2.24, 2.45) is 0 Å². The number of carbonyl (C=O) groups is 2. The van der Waals surface area contributed by atoms with E-state index >= 15 is 0 Å². The molecular formula is C13H15Cl2N3O2. The van der Waals surface area contributed by atoms with E-state index in [4.69, 9.17) is 23.2 Å². The van der Waals surface area contributed by atoms with Gasteiger partial charge in [0.05, 0.1) is 0 Å². The van der Waals surface area contributed by atoms with Crippen LogP contribution in [0.4, 0.5) is 0 Å². The summed E-state index contributed by atoms with van der Waals surface area (Å²) >= 11 is 11.5. The van der Waals surface area contributed by atoms with Crippen molar-refractivity contribution in [1.82, 2.24) is 15.2 Å². The van der Waals surface area contributed by atoms with Gasteiger partial charge in [-0.3, -0.25) is 9.59 Å². The van der Waals surface area contributed by atoms with Gasteiger partial charge in [0.15, 0.2) is 0 Å². The first-order valence-corrected chi connectivity index (χ1v) is 7.13. The van der Waals surface area contributed by atoms with Crippen LogP contribution in [-0.4, -0.2) is 40.8 Å². The van der Waals surface area contributed by atoms with Crippen LogP contribution in [-0.2, 0) is 4.79 Å². The summed E-state index contributed by atoms with van der Waals surface area (Å²) in [6.45, 7) is 3.12. The highest BCUT2D eigenvalue weighted by atomic mass is 35.5. The van der Waals surface area contributed by atoms with E-state index < -0.39 is 0 Å². The molecule has 0 aromatic carbocycles. The Morgan fingerprint density at radius 2 is 2.10 bits per heavy atom. The van der Waals surface area contributed by atoms with Gasteiger partial charge in [-0.2, -0.15) is 0 Å². The van der Waals surface area contributed by atoms with Gasteiger partial charge in [-0.25, -0.2) is 4.98 Å². The normalized spacial score (nSPS) is 16.4. The highest BCUT2D eigenvalue weighted by Crippen LogP contribution is 2.15. The number of pyridine rings is 1. The lowest BCUT2D eigenvalue weighted by Crippen LogP contribution is -2.42. The Morgan fingerprint density at radius 1 is 1.45 bits per heavy atom. The van der Waals surface area contributed by atoms with Crippen LogP contribution in [0.2, 0.25) is 10.3 Å². The number of halogens is 2. The fraction of sp³-hybridized carbons (Fsp3) is 0.462. The van der Waals surface area contributed by atoms with E-state index in [1.165, 1.54) is 12.1 Å². The topological polar surface area (TPSA) is 62.3 Å². The molecule has 0 saturated carbocycles. The number of amides is 2. The van der Waals surface area contributed by atoms with Gasteiger partial charge in [0, 0.05) is 31.1 Å². The SMILES string of the molecule is CC(CN1CCCC1=O)NC(=O)c1cc(Cl)nc(Cl)c1. The van der Waals surface area contributed by atoms with E-state index in [9.17, 15) is 9.59 Å². The lowest BCUT2D eigenvalue weighted by Gasteiger charge is -2.21. The molecule has 2 amide bonds. The third-order valence-corrected chi connectivity index (χ3v) is 3.46. The van der Waals surface area contributed by atoms with E-state index in [0.29, 0.717) is 18.5 Å². The van der Waals surface area contributed by atoms with Gasteiger partial charge in [-0.1, -0.05) is 23.2 Å². The molecule has 5 nitrogen and oxygen atoms in total. The maximum absolute atomic E-state index is 12.1. The number of nitrogens with one attached hydrogen (secondary N) is 1. The lowest BCUT2D eigenvalue weighted by atomic mass is 10.2. The average molecular weight is 316 g/mol. The van der Waals surface area contributed by atoms with E-state index in [-0.39, 0.29) is 28.2 Å². The average Bonchev–Trinajstić information content (AvgIpc) is 2.73. The van der Waals surface area contributed by atoms with Gasteiger partial charge in [-0.15, -0.1) is 0 Å². The zero-order chi connectivity index (χ0) is 14.7. The number of carbonyl (C=O) groups excluding carboxylic acids is 2. The van der Waals surface area contributed by atoms with Crippen LogP contribution in [0, 0.1) is 0 Å². The Bertz CT molecular complexity index is 516. The smallest absolute Gasteiger partial charge is 0.251 e. The summed E-state index contributed by atoms with van der Waals surface area (Å²) < 4.78 is 0. The first kappa shape index (κ1) is 15.1. The number of aromatic nitrogens is 1. The van der Waals surface area contributed by atoms with Crippen molar-refractivity contribution < 1.29 is 9.59 Å². The minimum Gasteiger partial charge on any atom is -0.348 e. The van der Waals surface area contributed by atoms with Gasteiger partial charge >= 0.3 is 0 Å². The molecule has 1 aromatic rings. The maximum Gasteiger partial charge on any atom is 0.251 e. The molecule has 1 atom stereocenters. The molecule has 0 bridgehead atoms. The number of likely N-dealkylation sites (tertiary alicyclic amines) is 1. The molecular weight excluding hydrogens is 301 g/mol. The summed E-state index contributed by atoms with van der Waals surface area (Å²) in [7, 11) is 0.